The van der Waals surface area contributed by atoms with Gasteiger partial charge in [-0.3, -0.25) is 0 Å². The van der Waals surface area contributed by atoms with Gasteiger partial charge in [0.15, 0.2) is 0 Å². The van der Waals surface area contributed by atoms with Crippen molar-refractivity contribution in [3.8, 4) is 0 Å². The topological polar surface area (TPSA) is 15.3 Å². The smallest absolute Gasteiger partial charge is 0.0328 e. The maximum absolute atomic E-state index is 3.72. The van der Waals surface area contributed by atoms with Crippen molar-refractivity contribution in [2.45, 2.75) is 65.5 Å². The van der Waals surface area contributed by atoms with E-state index in [1.165, 1.54) is 19.3 Å². The van der Waals surface area contributed by atoms with E-state index in [9.17, 15) is 0 Å². The van der Waals surface area contributed by atoms with Crippen molar-refractivity contribution in [3.05, 3.63) is 0 Å². The first-order valence-corrected chi connectivity index (χ1v) is 6.88. The molecule has 0 aromatic carbocycles. The first-order valence-electron chi connectivity index (χ1n) is 6.88. The second-order valence-corrected chi connectivity index (χ2v) is 5.22. The normalized spacial score (nSPS) is 17.8. The number of hydrogen-bond donors (Lipinski definition) is 1. The van der Waals surface area contributed by atoms with Crippen molar-refractivity contribution < 1.29 is 0 Å². The van der Waals surface area contributed by atoms with E-state index in [1.54, 1.807) is 0 Å². The fourth-order valence-corrected chi connectivity index (χ4v) is 2.69. The minimum Gasteiger partial charge on any atom is -0.312 e. The fourth-order valence-electron chi connectivity index (χ4n) is 2.69. The van der Waals surface area contributed by atoms with E-state index >= 15 is 0 Å². The highest BCUT2D eigenvalue weighted by molar-refractivity contribution is 4.97. The molecule has 2 unspecified atom stereocenters. The molecule has 2 nitrogen and oxygen atoms in total. The molecule has 2 heteroatoms. The fraction of sp³-hybridized carbons (Fsp3) is 1.00. The summed E-state index contributed by atoms with van der Waals surface area (Å²) < 4.78 is 0. The zero-order valence-corrected chi connectivity index (χ0v) is 12.4. The number of nitrogens with zero attached hydrogens (tertiary/aromatic N) is 1. The lowest BCUT2D eigenvalue weighted by molar-refractivity contribution is 0.0783. The Morgan fingerprint density at radius 3 is 1.81 bits per heavy atom. The van der Waals surface area contributed by atoms with E-state index in [0.29, 0.717) is 6.04 Å². The van der Waals surface area contributed by atoms with E-state index < -0.39 is 0 Å². The molecule has 0 aromatic heterocycles. The molecule has 0 bridgehead atoms. The van der Waals surface area contributed by atoms with Gasteiger partial charge in [0, 0.05) is 11.6 Å². The monoisotopic (exact) mass is 228 g/mol. The second-order valence-electron chi connectivity index (χ2n) is 5.22. The lowest BCUT2D eigenvalue weighted by Crippen LogP contribution is -2.59. The molecule has 0 fully saturated rings. The molecule has 0 saturated carbocycles. The molecule has 0 aliphatic rings. The zero-order valence-electron chi connectivity index (χ0n) is 12.4. The van der Waals surface area contributed by atoms with E-state index in [-0.39, 0.29) is 5.54 Å². The third-order valence-corrected chi connectivity index (χ3v) is 4.35. The lowest BCUT2D eigenvalue weighted by Gasteiger charge is -2.46. The molecule has 0 spiro atoms. The number of rotatable bonds is 8. The van der Waals surface area contributed by atoms with Crippen LogP contribution in [0.4, 0.5) is 0 Å². The van der Waals surface area contributed by atoms with Gasteiger partial charge in [0.05, 0.1) is 0 Å². The first-order chi connectivity index (χ1) is 7.47. The van der Waals surface area contributed by atoms with Crippen molar-refractivity contribution in [1.82, 2.24) is 10.2 Å². The highest BCUT2D eigenvalue weighted by atomic mass is 15.2. The van der Waals surface area contributed by atoms with Gasteiger partial charge in [-0.1, -0.05) is 40.5 Å². The standard InChI is InChI=1S/C14H32N2/c1-8-12(9-2)13(15-11-4)14(5,10-3)16(6)7/h12-13,15H,8-11H2,1-7H3. The highest BCUT2D eigenvalue weighted by Gasteiger charge is 2.37. The van der Waals surface area contributed by atoms with Crippen LogP contribution >= 0.6 is 0 Å². The maximum Gasteiger partial charge on any atom is 0.0328 e. The Kier molecular flexibility index (Phi) is 7.25. The Morgan fingerprint density at radius 2 is 1.56 bits per heavy atom. The summed E-state index contributed by atoms with van der Waals surface area (Å²) in [6.45, 7) is 12.6. The van der Waals surface area contributed by atoms with Crippen molar-refractivity contribution in [3.63, 3.8) is 0 Å². The third-order valence-electron chi connectivity index (χ3n) is 4.35. The van der Waals surface area contributed by atoms with Crippen LogP contribution in [0, 0.1) is 5.92 Å². The maximum atomic E-state index is 3.72. The summed E-state index contributed by atoms with van der Waals surface area (Å²) in [4.78, 5) is 2.39. The second kappa shape index (κ2) is 7.29. The van der Waals surface area contributed by atoms with Crippen molar-refractivity contribution in [2.75, 3.05) is 20.6 Å². The van der Waals surface area contributed by atoms with E-state index in [1.807, 2.05) is 0 Å². The van der Waals surface area contributed by atoms with Gasteiger partial charge in [0.1, 0.15) is 0 Å². The molecule has 1 N–H and O–H groups in total. The quantitative estimate of drug-likeness (QED) is 0.686. The number of likely N-dealkylation sites (N-methyl/N-ethyl adjacent to an activating group) is 2. The Morgan fingerprint density at radius 1 is 1.06 bits per heavy atom. The molecule has 0 aliphatic carbocycles. The molecule has 0 aliphatic heterocycles. The summed E-state index contributed by atoms with van der Waals surface area (Å²) in [5.74, 6) is 0.771. The van der Waals surface area contributed by atoms with E-state index in [4.69, 9.17) is 0 Å². The SMILES string of the molecule is CCNC(C(CC)CC)C(C)(CC)N(C)C. The lowest BCUT2D eigenvalue weighted by atomic mass is 9.78. The summed E-state index contributed by atoms with van der Waals surface area (Å²) in [7, 11) is 4.41. The molecular weight excluding hydrogens is 196 g/mol. The van der Waals surface area contributed by atoms with Crippen LogP contribution in [0.25, 0.3) is 0 Å². The van der Waals surface area contributed by atoms with Crippen LogP contribution in [0.2, 0.25) is 0 Å². The minimum atomic E-state index is 0.257. The average molecular weight is 228 g/mol. The van der Waals surface area contributed by atoms with Gasteiger partial charge in [-0.25, -0.2) is 0 Å². The summed E-state index contributed by atoms with van der Waals surface area (Å²) in [6.07, 6.45) is 3.71. The summed E-state index contributed by atoms with van der Waals surface area (Å²) in [5.41, 5.74) is 0.257. The molecule has 2 atom stereocenters. The van der Waals surface area contributed by atoms with Crippen LogP contribution in [0.1, 0.15) is 53.9 Å². The molecule has 16 heavy (non-hydrogen) atoms. The van der Waals surface area contributed by atoms with Crippen LogP contribution in [0.5, 0.6) is 0 Å². The summed E-state index contributed by atoms with van der Waals surface area (Å²) >= 11 is 0. The van der Waals surface area contributed by atoms with Crippen molar-refractivity contribution in [2.24, 2.45) is 5.92 Å². The van der Waals surface area contributed by atoms with Gasteiger partial charge in [0.2, 0.25) is 0 Å². The predicted octanol–water partition coefficient (Wildman–Crippen LogP) is 3.13. The molecule has 0 radical (unpaired) electrons. The predicted molar refractivity (Wildman–Crippen MR) is 73.9 cm³/mol. The van der Waals surface area contributed by atoms with Crippen LogP contribution in [-0.2, 0) is 0 Å². The molecule has 98 valence electrons. The number of nitrogens with one attached hydrogen (secondary N) is 1. The van der Waals surface area contributed by atoms with Crippen molar-refractivity contribution >= 4 is 0 Å². The highest BCUT2D eigenvalue weighted by Crippen LogP contribution is 2.29. The summed E-state index contributed by atoms with van der Waals surface area (Å²) in [5, 5.41) is 3.72. The zero-order chi connectivity index (χ0) is 12.8. The Labute approximate surface area is 103 Å². The first kappa shape index (κ1) is 15.9. The molecular formula is C14H32N2. The van der Waals surface area contributed by atoms with Gasteiger partial charge in [-0.2, -0.15) is 0 Å². The average Bonchev–Trinajstić information content (AvgIpc) is 2.28. The van der Waals surface area contributed by atoms with Gasteiger partial charge in [-0.15, -0.1) is 0 Å². The van der Waals surface area contributed by atoms with Crippen LogP contribution in [0.3, 0.4) is 0 Å². The van der Waals surface area contributed by atoms with Crippen LogP contribution in [-0.4, -0.2) is 37.1 Å². The van der Waals surface area contributed by atoms with Gasteiger partial charge >= 0.3 is 0 Å². The van der Waals surface area contributed by atoms with Crippen LogP contribution < -0.4 is 5.32 Å². The Hall–Kier alpha value is -0.0800. The minimum absolute atomic E-state index is 0.257. The van der Waals surface area contributed by atoms with Crippen molar-refractivity contribution in [1.29, 1.82) is 0 Å². The van der Waals surface area contributed by atoms with Crippen LogP contribution in [0.15, 0.2) is 0 Å². The Bertz CT molecular complexity index is 176. The molecule has 0 saturated heterocycles. The van der Waals surface area contributed by atoms with Gasteiger partial charge in [0.25, 0.3) is 0 Å². The number of hydrogen-bond acceptors (Lipinski definition) is 2. The van der Waals surface area contributed by atoms with Gasteiger partial charge < -0.3 is 10.2 Å². The summed E-state index contributed by atoms with van der Waals surface area (Å²) in [6, 6.07) is 0.590. The largest absolute Gasteiger partial charge is 0.312 e. The Balaban J connectivity index is 4.98. The molecule has 0 rings (SSSR count). The molecule has 0 heterocycles. The third kappa shape index (κ3) is 3.46. The molecule has 0 amide bonds. The van der Waals surface area contributed by atoms with E-state index in [0.717, 1.165) is 12.5 Å². The molecule has 0 aromatic rings. The van der Waals surface area contributed by atoms with E-state index in [2.05, 4.69) is 58.9 Å². The van der Waals surface area contributed by atoms with Gasteiger partial charge in [-0.05, 0) is 39.9 Å².